The second kappa shape index (κ2) is 8.59. The summed E-state index contributed by atoms with van der Waals surface area (Å²) in [5.74, 6) is -0.0151. The van der Waals surface area contributed by atoms with Crippen molar-refractivity contribution >= 4 is 17.3 Å². The van der Waals surface area contributed by atoms with Gasteiger partial charge in [0.2, 0.25) is 5.82 Å². The van der Waals surface area contributed by atoms with Crippen molar-refractivity contribution in [2.45, 2.75) is 51.4 Å². The van der Waals surface area contributed by atoms with E-state index >= 15 is 0 Å². The average molecular weight is 380 g/mol. The Kier molecular flexibility index (Phi) is 5.74. The lowest BCUT2D eigenvalue weighted by atomic mass is 9.97. The topological polar surface area (TPSA) is 66.7 Å². The van der Waals surface area contributed by atoms with Crippen LogP contribution in [0.1, 0.15) is 72.5 Å². The molecule has 0 bridgehead atoms. The number of amides is 2. The molecule has 6 nitrogen and oxygen atoms in total. The van der Waals surface area contributed by atoms with E-state index in [0.717, 1.165) is 51.6 Å². The Morgan fingerprint density at radius 3 is 2.71 bits per heavy atom. The van der Waals surface area contributed by atoms with Crippen molar-refractivity contribution in [1.82, 2.24) is 19.6 Å². The molecule has 1 fully saturated rings. The molecule has 1 saturated heterocycles. The van der Waals surface area contributed by atoms with E-state index in [0.29, 0.717) is 17.8 Å². The summed E-state index contributed by atoms with van der Waals surface area (Å²) in [4.78, 5) is 32.1. The van der Waals surface area contributed by atoms with Gasteiger partial charge in [-0.05, 0) is 63.5 Å². The van der Waals surface area contributed by atoms with Crippen LogP contribution in [-0.4, -0.2) is 45.7 Å². The Morgan fingerprint density at radius 2 is 1.93 bits per heavy atom. The first-order valence-electron chi connectivity index (χ1n) is 10.5. The van der Waals surface area contributed by atoms with Gasteiger partial charge in [0.25, 0.3) is 11.8 Å². The van der Waals surface area contributed by atoms with Crippen LogP contribution in [0.25, 0.3) is 5.52 Å². The molecule has 28 heavy (non-hydrogen) atoms. The number of imidazole rings is 1. The highest BCUT2D eigenvalue weighted by molar-refractivity contribution is 6.02. The van der Waals surface area contributed by atoms with E-state index in [4.69, 9.17) is 0 Å². The lowest BCUT2D eigenvalue weighted by Gasteiger charge is -2.25. The highest BCUT2D eigenvalue weighted by Crippen LogP contribution is 2.20. The largest absolute Gasteiger partial charge is 0.349 e. The first-order chi connectivity index (χ1) is 13.7. The third-order valence-electron chi connectivity index (χ3n) is 5.71. The number of nitrogens with one attached hydrogen (secondary N) is 1. The molecule has 148 valence electrons. The van der Waals surface area contributed by atoms with E-state index in [2.05, 4.69) is 16.4 Å². The van der Waals surface area contributed by atoms with E-state index in [9.17, 15) is 9.59 Å². The molecule has 1 aliphatic heterocycles. The van der Waals surface area contributed by atoms with Gasteiger partial charge in [0.1, 0.15) is 0 Å². The van der Waals surface area contributed by atoms with E-state index in [1.54, 1.807) is 10.6 Å². The maximum absolute atomic E-state index is 13.0. The molecule has 6 heteroatoms. The number of hydrogen-bond donors (Lipinski definition) is 1. The number of carbonyl (C=O) groups is 2. The molecule has 3 heterocycles. The van der Waals surface area contributed by atoms with Gasteiger partial charge in [-0.15, -0.1) is 0 Å². The molecular formula is C22H28N4O2. The van der Waals surface area contributed by atoms with Crippen molar-refractivity contribution in [1.29, 1.82) is 0 Å². The molecule has 0 aromatic carbocycles. The summed E-state index contributed by atoms with van der Waals surface area (Å²) in [5, 5.41) is 2.98. The molecule has 0 atom stereocenters. The van der Waals surface area contributed by atoms with Crippen LogP contribution in [0.15, 0.2) is 36.0 Å². The van der Waals surface area contributed by atoms with Gasteiger partial charge in [0.15, 0.2) is 5.69 Å². The van der Waals surface area contributed by atoms with Crippen LogP contribution in [0.3, 0.4) is 0 Å². The minimum absolute atomic E-state index is 0.0742. The number of carbonyl (C=O) groups excluding carboxylic acids is 2. The summed E-state index contributed by atoms with van der Waals surface area (Å²) in [7, 11) is 0. The van der Waals surface area contributed by atoms with Crippen molar-refractivity contribution in [3.63, 3.8) is 0 Å². The first-order valence-corrected chi connectivity index (χ1v) is 10.5. The molecule has 0 unspecified atom stereocenters. The number of piperidine rings is 1. The molecule has 2 amide bonds. The number of aromatic nitrogens is 2. The standard InChI is InChI=1S/C22H28N4O2/c27-21(23-13-12-17-9-3-1-4-10-17)20-24-19(18-11-5-8-16-26(18)20)22(28)25-14-6-2-7-15-25/h5,8-9,11,16H,1-4,6-7,10,12-15H2,(H,23,27). The monoisotopic (exact) mass is 380 g/mol. The van der Waals surface area contributed by atoms with E-state index in [1.807, 2.05) is 23.1 Å². The van der Waals surface area contributed by atoms with Gasteiger partial charge in [-0.25, -0.2) is 4.98 Å². The molecule has 2 aromatic rings. The van der Waals surface area contributed by atoms with Gasteiger partial charge in [0.05, 0.1) is 5.52 Å². The summed E-state index contributed by atoms with van der Waals surface area (Å²) in [5.41, 5.74) is 2.50. The molecule has 1 aliphatic carbocycles. The minimum Gasteiger partial charge on any atom is -0.349 e. The average Bonchev–Trinajstić information content (AvgIpc) is 3.14. The Morgan fingerprint density at radius 1 is 1.07 bits per heavy atom. The second-order valence-electron chi connectivity index (χ2n) is 7.71. The number of allylic oxidation sites excluding steroid dienone is 1. The van der Waals surface area contributed by atoms with Crippen LogP contribution in [0, 0.1) is 0 Å². The number of pyridine rings is 1. The molecule has 4 rings (SSSR count). The summed E-state index contributed by atoms with van der Waals surface area (Å²) in [6.07, 6.45) is 13.0. The predicted octanol–water partition coefficient (Wildman–Crippen LogP) is 3.58. The smallest absolute Gasteiger partial charge is 0.287 e. The number of rotatable bonds is 5. The molecule has 1 N–H and O–H groups in total. The second-order valence-corrected chi connectivity index (χ2v) is 7.71. The van der Waals surface area contributed by atoms with Crippen molar-refractivity contribution in [2.24, 2.45) is 0 Å². The van der Waals surface area contributed by atoms with Crippen LogP contribution in [0.4, 0.5) is 0 Å². The van der Waals surface area contributed by atoms with Crippen molar-refractivity contribution in [3.05, 3.63) is 47.6 Å². The fourth-order valence-corrected chi connectivity index (χ4v) is 4.15. The normalized spacial score (nSPS) is 17.4. The van der Waals surface area contributed by atoms with Crippen LogP contribution < -0.4 is 5.32 Å². The SMILES string of the molecule is O=C(NCCC1=CCCCC1)c1nc(C(=O)N2CCCCC2)c2ccccn12. The Balaban J connectivity index is 1.51. The molecular weight excluding hydrogens is 352 g/mol. The van der Waals surface area contributed by atoms with Crippen LogP contribution in [0.2, 0.25) is 0 Å². The van der Waals surface area contributed by atoms with Gasteiger partial charge in [-0.2, -0.15) is 0 Å². The fraction of sp³-hybridized carbons (Fsp3) is 0.500. The Bertz CT molecular complexity index is 893. The first kappa shape index (κ1) is 18.7. The molecule has 2 aliphatic rings. The summed E-state index contributed by atoms with van der Waals surface area (Å²) < 4.78 is 1.73. The quantitative estimate of drug-likeness (QED) is 0.806. The van der Waals surface area contributed by atoms with Crippen molar-refractivity contribution in [3.8, 4) is 0 Å². The minimum atomic E-state index is -0.227. The number of likely N-dealkylation sites (tertiary alicyclic amines) is 1. The molecule has 0 spiro atoms. The summed E-state index contributed by atoms with van der Waals surface area (Å²) >= 11 is 0. The maximum atomic E-state index is 13.0. The fourth-order valence-electron chi connectivity index (χ4n) is 4.15. The highest BCUT2D eigenvalue weighted by Gasteiger charge is 2.25. The number of fused-ring (bicyclic) bond motifs is 1. The number of nitrogens with zero attached hydrogens (tertiary/aromatic N) is 3. The lowest BCUT2D eigenvalue weighted by molar-refractivity contribution is 0.0721. The van der Waals surface area contributed by atoms with Crippen LogP contribution in [-0.2, 0) is 0 Å². The molecule has 0 saturated carbocycles. The zero-order chi connectivity index (χ0) is 19.3. The summed E-state index contributed by atoms with van der Waals surface area (Å²) in [6.45, 7) is 2.13. The van der Waals surface area contributed by atoms with Gasteiger partial charge >= 0.3 is 0 Å². The van der Waals surface area contributed by atoms with Crippen molar-refractivity contribution < 1.29 is 9.59 Å². The molecule has 0 radical (unpaired) electrons. The van der Waals surface area contributed by atoms with E-state index in [-0.39, 0.29) is 17.6 Å². The van der Waals surface area contributed by atoms with Gasteiger partial charge in [-0.3, -0.25) is 14.0 Å². The highest BCUT2D eigenvalue weighted by atomic mass is 16.2. The maximum Gasteiger partial charge on any atom is 0.287 e. The zero-order valence-electron chi connectivity index (χ0n) is 16.3. The van der Waals surface area contributed by atoms with Crippen molar-refractivity contribution in [2.75, 3.05) is 19.6 Å². The lowest BCUT2D eigenvalue weighted by Crippen LogP contribution is -2.36. The predicted molar refractivity (Wildman–Crippen MR) is 108 cm³/mol. The van der Waals surface area contributed by atoms with Crippen LogP contribution >= 0.6 is 0 Å². The Hall–Kier alpha value is -2.63. The number of hydrogen-bond acceptors (Lipinski definition) is 3. The van der Waals surface area contributed by atoms with Gasteiger partial charge in [0, 0.05) is 25.8 Å². The third-order valence-corrected chi connectivity index (χ3v) is 5.71. The van der Waals surface area contributed by atoms with E-state index < -0.39 is 0 Å². The molecule has 2 aromatic heterocycles. The van der Waals surface area contributed by atoms with E-state index in [1.165, 1.54) is 18.4 Å². The van der Waals surface area contributed by atoms with Crippen LogP contribution in [0.5, 0.6) is 0 Å². The Labute approximate surface area is 165 Å². The zero-order valence-corrected chi connectivity index (χ0v) is 16.3. The summed E-state index contributed by atoms with van der Waals surface area (Å²) in [6, 6.07) is 5.59. The van der Waals surface area contributed by atoms with Gasteiger partial charge < -0.3 is 10.2 Å². The third kappa shape index (κ3) is 3.96. The van der Waals surface area contributed by atoms with Gasteiger partial charge in [-0.1, -0.05) is 17.7 Å².